The molecule has 0 N–H and O–H groups in total. The van der Waals surface area contributed by atoms with Crippen molar-refractivity contribution in [1.29, 1.82) is 0 Å². The zero-order valence-electron chi connectivity index (χ0n) is 6.38. The molecule has 2 heteroatoms. The lowest BCUT2D eigenvalue weighted by Crippen LogP contribution is -2.21. The SMILES string of the molecule is COC(C=O)C1CCCC1. The highest BCUT2D eigenvalue weighted by molar-refractivity contribution is 5.56. The zero-order valence-corrected chi connectivity index (χ0v) is 6.38. The Hall–Kier alpha value is -0.370. The number of methoxy groups -OCH3 is 1. The van der Waals surface area contributed by atoms with E-state index in [0.29, 0.717) is 5.92 Å². The Morgan fingerprint density at radius 3 is 2.50 bits per heavy atom. The van der Waals surface area contributed by atoms with Gasteiger partial charge in [0.05, 0.1) is 0 Å². The average Bonchev–Trinajstić information content (AvgIpc) is 2.43. The predicted octanol–water partition coefficient (Wildman–Crippen LogP) is 1.39. The van der Waals surface area contributed by atoms with Crippen LogP contribution in [0.25, 0.3) is 0 Å². The molecule has 1 fully saturated rings. The number of carbonyl (C=O) groups is 1. The molecule has 0 radical (unpaired) electrons. The summed E-state index contributed by atoms with van der Waals surface area (Å²) in [4.78, 5) is 10.4. The van der Waals surface area contributed by atoms with Crippen LogP contribution >= 0.6 is 0 Å². The fourth-order valence-electron chi connectivity index (χ4n) is 1.65. The zero-order chi connectivity index (χ0) is 7.40. The van der Waals surface area contributed by atoms with E-state index in [-0.39, 0.29) is 6.10 Å². The van der Waals surface area contributed by atoms with Gasteiger partial charge in [-0.25, -0.2) is 0 Å². The molecule has 58 valence electrons. The van der Waals surface area contributed by atoms with Gasteiger partial charge in [0, 0.05) is 7.11 Å². The number of hydrogen-bond donors (Lipinski definition) is 0. The fraction of sp³-hybridized carbons (Fsp3) is 0.875. The molecule has 0 amide bonds. The predicted molar refractivity (Wildman–Crippen MR) is 38.8 cm³/mol. The summed E-state index contributed by atoms with van der Waals surface area (Å²) in [6, 6.07) is 0. The Balaban J connectivity index is 2.36. The Morgan fingerprint density at radius 1 is 1.50 bits per heavy atom. The molecule has 1 saturated carbocycles. The number of rotatable bonds is 3. The molecule has 0 aromatic heterocycles. The van der Waals surface area contributed by atoms with Gasteiger partial charge in [-0.1, -0.05) is 12.8 Å². The van der Waals surface area contributed by atoms with E-state index in [1.165, 1.54) is 12.8 Å². The second-order valence-corrected chi connectivity index (χ2v) is 2.88. The van der Waals surface area contributed by atoms with Crippen LogP contribution in [-0.2, 0) is 9.53 Å². The molecule has 1 aliphatic carbocycles. The lowest BCUT2D eigenvalue weighted by molar-refractivity contribution is -0.119. The Morgan fingerprint density at radius 2 is 2.10 bits per heavy atom. The van der Waals surface area contributed by atoms with E-state index >= 15 is 0 Å². The molecular weight excluding hydrogens is 128 g/mol. The molecule has 0 aliphatic heterocycles. The van der Waals surface area contributed by atoms with Crippen molar-refractivity contribution in [3.8, 4) is 0 Å². The van der Waals surface area contributed by atoms with Crippen LogP contribution in [0.2, 0.25) is 0 Å². The van der Waals surface area contributed by atoms with E-state index in [4.69, 9.17) is 4.74 Å². The van der Waals surface area contributed by atoms with Crippen LogP contribution in [0.1, 0.15) is 25.7 Å². The molecule has 1 rings (SSSR count). The van der Waals surface area contributed by atoms with Crippen molar-refractivity contribution in [2.45, 2.75) is 31.8 Å². The summed E-state index contributed by atoms with van der Waals surface area (Å²) >= 11 is 0. The highest BCUT2D eigenvalue weighted by atomic mass is 16.5. The van der Waals surface area contributed by atoms with Gasteiger partial charge in [0.2, 0.25) is 0 Å². The van der Waals surface area contributed by atoms with Gasteiger partial charge in [-0.2, -0.15) is 0 Å². The largest absolute Gasteiger partial charge is 0.374 e. The van der Waals surface area contributed by atoms with Crippen molar-refractivity contribution in [2.24, 2.45) is 5.92 Å². The lowest BCUT2D eigenvalue weighted by Gasteiger charge is -2.14. The van der Waals surface area contributed by atoms with E-state index in [9.17, 15) is 4.79 Å². The van der Waals surface area contributed by atoms with Crippen LogP contribution in [0.15, 0.2) is 0 Å². The standard InChI is InChI=1S/C8H14O2/c1-10-8(6-9)7-4-2-3-5-7/h6-8H,2-5H2,1H3. The molecule has 1 aliphatic rings. The average molecular weight is 142 g/mol. The van der Waals surface area contributed by atoms with Crippen molar-refractivity contribution >= 4 is 6.29 Å². The first-order chi connectivity index (χ1) is 4.88. The summed E-state index contributed by atoms with van der Waals surface area (Å²) in [5.74, 6) is 0.502. The number of ether oxygens (including phenoxy) is 1. The molecule has 2 nitrogen and oxygen atoms in total. The minimum Gasteiger partial charge on any atom is -0.374 e. The van der Waals surface area contributed by atoms with Crippen molar-refractivity contribution in [2.75, 3.05) is 7.11 Å². The minimum atomic E-state index is -0.137. The molecule has 1 atom stereocenters. The number of aldehydes is 1. The van der Waals surface area contributed by atoms with Gasteiger partial charge >= 0.3 is 0 Å². The second-order valence-electron chi connectivity index (χ2n) is 2.88. The van der Waals surface area contributed by atoms with E-state index in [1.807, 2.05) is 0 Å². The summed E-state index contributed by atoms with van der Waals surface area (Å²) in [6.45, 7) is 0. The van der Waals surface area contributed by atoms with Gasteiger partial charge in [-0.15, -0.1) is 0 Å². The molecule has 1 unspecified atom stereocenters. The third-order valence-electron chi connectivity index (χ3n) is 2.27. The first kappa shape index (κ1) is 7.73. The maximum absolute atomic E-state index is 10.4. The second kappa shape index (κ2) is 3.71. The number of carbonyl (C=O) groups excluding carboxylic acids is 1. The molecule has 0 heterocycles. The van der Waals surface area contributed by atoms with Crippen LogP contribution in [0.3, 0.4) is 0 Å². The Labute approximate surface area is 61.6 Å². The molecule has 0 bridgehead atoms. The molecule has 0 aromatic carbocycles. The van der Waals surface area contributed by atoms with Gasteiger partial charge in [-0.05, 0) is 18.8 Å². The maximum atomic E-state index is 10.4. The van der Waals surface area contributed by atoms with Crippen molar-refractivity contribution < 1.29 is 9.53 Å². The van der Waals surface area contributed by atoms with Gasteiger partial charge in [0.1, 0.15) is 12.4 Å². The summed E-state index contributed by atoms with van der Waals surface area (Å²) in [5, 5.41) is 0. The van der Waals surface area contributed by atoms with Crippen LogP contribution in [0.5, 0.6) is 0 Å². The fourth-order valence-corrected chi connectivity index (χ4v) is 1.65. The van der Waals surface area contributed by atoms with Crippen LogP contribution in [0.4, 0.5) is 0 Å². The molecule has 0 saturated heterocycles. The summed E-state index contributed by atoms with van der Waals surface area (Å²) < 4.78 is 5.02. The summed E-state index contributed by atoms with van der Waals surface area (Å²) in [5.41, 5.74) is 0. The summed E-state index contributed by atoms with van der Waals surface area (Å²) in [6.07, 6.45) is 5.64. The van der Waals surface area contributed by atoms with Crippen LogP contribution in [-0.4, -0.2) is 19.5 Å². The van der Waals surface area contributed by atoms with E-state index in [1.54, 1.807) is 7.11 Å². The van der Waals surface area contributed by atoms with Crippen molar-refractivity contribution in [1.82, 2.24) is 0 Å². The lowest BCUT2D eigenvalue weighted by atomic mass is 10.0. The van der Waals surface area contributed by atoms with Crippen LogP contribution in [0, 0.1) is 5.92 Å². The molecule has 0 spiro atoms. The number of hydrogen-bond acceptors (Lipinski definition) is 2. The highest BCUT2D eigenvalue weighted by Crippen LogP contribution is 2.27. The smallest absolute Gasteiger partial charge is 0.149 e. The highest BCUT2D eigenvalue weighted by Gasteiger charge is 2.23. The summed E-state index contributed by atoms with van der Waals surface area (Å²) in [7, 11) is 1.61. The van der Waals surface area contributed by atoms with Gasteiger partial charge < -0.3 is 9.53 Å². The quantitative estimate of drug-likeness (QED) is 0.556. The molecule has 10 heavy (non-hydrogen) atoms. The maximum Gasteiger partial charge on any atom is 0.149 e. The normalized spacial score (nSPS) is 22.9. The monoisotopic (exact) mass is 142 g/mol. The Bertz CT molecular complexity index is 106. The van der Waals surface area contributed by atoms with Gasteiger partial charge in [0.25, 0.3) is 0 Å². The third kappa shape index (κ3) is 1.57. The molecule has 0 aromatic rings. The third-order valence-corrected chi connectivity index (χ3v) is 2.27. The first-order valence-electron chi connectivity index (χ1n) is 3.86. The topological polar surface area (TPSA) is 26.3 Å². The van der Waals surface area contributed by atoms with E-state index in [0.717, 1.165) is 19.1 Å². The molecular formula is C8H14O2. The van der Waals surface area contributed by atoms with E-state index in [2.05, 4.69) is 0 Å². The van der Waals surface area contributed by atoms with Crippen molar-refractivity contribution in [3.05, 3.63) is 0 Å². The van der Waals surface area contributed by atoms with E-state index < -0.39 is 0 Å². The van der Waals surface area contributed by atoms with Gasteiger partial charge in [0.15, 0.2) is 0 Å². The Kier molecular flexibility index (Phi) is 2.87. The van der Waals surface area contributed by atoms with Gasteiger partial charge in [-0.3, -0.25) is 0 Å². The first-order valence-corrected chi connectivity index (χ1v) is 3.86. The van der Waals surface area contributed by atoms with Crippen LogP contribution < -0.4 is 0 Å². The minimum absolute atomic E-state index is 0.137. The van der Waals surface area contributed by atoms with Crippen molar-refractivity contribution in [3.63, 3.8) is 0 Å².